The van der Waals surface area contributed by atoms with Gasteiger partial charge in [0.2, 0.25) is 0 Å². The first-order valence-corrected chi connectivity index (χ1v) is 8.91. The number of para-hydroxylation sites is 1. The minimum Gasteiger partial charge on any atom is -0.497 e. The van der Waals surface area contributed by atoms with E-state index in [1.807, 2.05) is 19.9 Å². The maximum absolute atomic E-state index is 12.6. The Hall–Kier alpha value is -2.80. The number of nitrogens with one attached hydrogen (secondary N) is 2. The summed E-state index contributed by atoms with van der Waals surface area (Å²) >= 11 is 5.27. The largest absolute Gasteiger partial charge is 0.497 e. The molecule has 0 aliphatic heterocycles. The molecule has 6 nitrogen and oxygen atoms in total. The van der Waals surface area contributed by atoms with Crippen LogP contribution in [0.4, 0.5) is 5.69 Å². The number of methoxy groups -OCH3 is 2. The van der Waals surface area contributed by atoms with Gasteiger partial charge in [0, 0.05) is 6.07 Å². The van der Waals surface area contributed by atoms with E-state index in [0.29, 0.717) is 41.0 Å². The van der Waals surface area contributed by atoms with Crippen LogP contribution in [0.2, 0.25) is 0 Å². The van der Waals surface area contributed by atoms with E-state index in [0.717, 1.165) is 0 Å². The van der Waals surface area contributed by atoms with Gasteiger partial charge in [0.1, 0.15) is 17.2 Å². The number of rotatable bonds is 7. The third-order valence-electron chi connectivity index (χ3n) is 3.59. The summed E-state index contributed by atoms with van der Waals surface area (Å²) in [5.41, 5.74) is 1.01. The van der Waals surface area contributed by atoms with E-state index in [-0.39, 0.29) is 11.0 Å². The molecule has 7 heteroatoms. The number of benzene rings is 2. The van der Waals surface area contributed by atoms with Crippen molar-refractivity contribution >= 4 is 28.9 Å². The lowest BCUT2D eigenvalue weighted by Gasteiger charge is -2.15. The van der Waals surface area contributed by atoms with Gasteiger partial charge in [0.25, 0.3) is 5.91 Å². The SMILES string of the molecule is COc1ccc(OC)c(NC(=S)NC(=O)c2ccccc2OCC(C)C)c1. The molecule has 144 valence electrons. The number of carbonyl (C=O) groups is 1. The molecule has 0 radical (unpaired) electrons. The molecule has 0 unspecified atom stereocenters. The number of amides is 1. The summed E-state index contributed by atoms with van der Waals surface area (Å²) in [5.74, 6) is 1.73. The topological polar surface area (TPSA) is 68.8 Å². The van der Waals surface area contributed by atoms with E-state index in [1.165, 1.54) is 0 Å². The van der Waals surface area contributed by atoms with Gasteiger partial charge in [-0.3, -0.25) is 10.1 Å². The van der Waals surface area contributed by atoms with Gasteiger partial charge in [-0.25, -0.2) is 0 Å². The Bertz CT molecular complexity index is 808. The third-order valence-corrected chi connectivity index (χ3v) is 3.79. The smallest absolute Gasteiger partial charge is 0.261 e. The van der Waals surface area contributed by atoms with Gasteiger partial charge in [-0.15, -0.1) is 0 Å². The van der Waals surface area contributed by atoms with E-state index in [2.05, 4.69) is 10.6 Å². The molecule has 2 aromatic rings. The molecule has 2 aromatic carbocycles. The Morgan fingerprint density at radius 3 is 2.48 bits per heavy atom. The maximum atomic E-state index is 12.6. The molecule has 0 spiro atoms. The van der Waals surface area contributed by atoms with Crippen molar-refractivity contribution in [1.29, 1.82) is 0 Å². The van der Waals surface area contributed by atoms with Crippen molar-refractivity contribution in [3.05, 3.63) is 48.0 Å². The highest BCUT2D eigenvalue weighted by Gasteiger charge is 2.15. The Labute approximate surface area is 164 Å². The monoisotopic (exact) mass is 388 g/mol. The fourth-order valence-corrected chi connectivity index (χ4v) is 2.47. The van der Waals surface area contributed by atoms with E-state index >= 15 is 0 Å². The number of carbonyl (C=O) groups excluding carboxylic acids is 1. The van der Waals surface area contributed by atoms with Crippen LogP contribution in [-0.2, 0) is 0 Å². The molecule has 0 aliphatic rings. The summed E-state index contributed by atoms with van der Waals surface area (Å²) in [6.45, 7) is 4.61. The molecule has 0 fully saturated rings. The fourth-order valence-electron chi connectivity index (χ4n) is 2.27. The zero-order chi connectivity index (χ0) is 19.8. The number of hydrogen-bond donors (Lipinski definition) is 2. The van der Waals surface area contributed by atoms with Gasteiger partial charge in [0.15, 0.2) is 5.11 Å². The number of anilines is 1. The van der Waals surface area contributed by atoms with Crippen LogP contribution in [0, 0.1) is 5.92 Å². The van der Waals surface area contributed by atoms with Crippen LogP contribution >= 0.6 is 12.2 Å². The van der Waals surface area contributed by atoms with Crippen molar-refractivity contribution in [3.63, 3.8) is 0 Å². The normalized spacial score (nSPS) is 10.3. The average molecular weight is 388 g/mol. The Morgan fingerprint density at radius 2 is 1.81 bits per heavy atom. The molecule has 0 saturated heterocycles. The zero-order valence-electron chi connectivity index (χ0n) is 15.9. The van der Waals surface area contributed by atoms with E-state index in [9.17, 15) is 4.79 Å². The fraction of sp³-hybridized carbons (Fsp3) is 0.300. The number of thiocarbonyl (C=S) groups is 1. The molecule has 27 heavy (non-hydrogen) atoms. The molecule has 1 amide bonds. The molecule has 0 atom stereocenters. The molecule has 2 rings (SSSR count). The van der Waals surface area contributed by atoms with Gasteiger partial charge < -0.3 is 19.5 Å². The molecule has 0 bridgehead atoms. The number of ether oxygens (including phenoxy) is 3. The van der Waals surface area contributed by atoms with Crippen molar-refractivity contribution < 1.29 is 19.0 Å². The van der Waals surface area contributed by atoms with Crippen molar-refractivity contribution in [2.75, 3.05) is 26.1 Å². The quantitative estimate of drug-likeness (QED) is 0.702. The second-order valence-electron chi connectivity index (χ2n) is 6.18. The highest BCUT2D eigenvalue weighted by atomic mass is 32.1. The summed E-state index contributed by atoms with van der Waals surface area (Å²) in [6, 6.07) is 12.3. The van der Waals surface area contributed by atoms with Crippen molar-refractivity contribution in [1.82, 2.24) is 5.32 Å². The zero-order valence-corrected chi connectivity index (χ0v) is 16.7. The minimum absolute atomic E-state index is 0.144. The molecule has 2 N–H and O–H groups in total. The third kappa shape index (κ3) is 5.86. The van der Waals surface area contributed by atoms with Crippen molar-refractivity contribution in [2.45, 2.75) is 13.8 Å². The molecule has 0 aromatic heterocycles. The Kier molecular flexibility index (Phi) is 7.43. The molecule has 0 heterocycles. The Balaban J connectivity index is 2.09. The standard InChI is InChI=1S/C20H24N2O4S/c1-13(2)12-26-17-8-6-5-7-15(17)19(23)22-20(27)21-16-11-14(24-3)9-10-18(16)25-4/h5-11,13H,12H2,1-4H3,(H2,21,22,23,27). The molecule has 0 aliphatic carbocycles. The van der Waals surface area contributed by atoms with Gasteiger partial charge in [-0.1, -0.05) is 26.0 Å². The average Bonchev–Trinajstić information content (AvgIpc) is 2.66. The van der Waals surface area contributed by atoms with Gasteiger partial charge in [-0.05, 0) is 42.4 Å². The highest BCUT2D eigenvalue weighted by molar-refractivity contribution is 7.80. The summed E-state index contributed by atoms with van der Waals surface area (Å²) in [4.78, 5) is 12.6. The lowest BCUT2D eigenvalue weighted by atomic mass is 10.2. The molecule has 0 saturated carbocycles. The van der Waals surface area contributed by atoms with Crippen LogP contribution in [-0.4, -0.2) is 31.8 Å². The van der Waals surface area contributed by atoms with Crippen molar-refractivity contribution in [2.24, 2.45) is 5.92 Å². The number of hydrogen-bond acceptors (Lipinski definition) is 5. The lowest BCUT2D eigenvalue weighted by Crippen LogP contribution is -2.34. The van der Waals surface area contributed by atoms with Crippen LogP contribution in [0.3, 0.4) is 0 Å². The van der Waals surface area contributed by atoms with Gasteiger partial charge in [-0.2, -0.15) is 0 Å². The first-order chi connectivity index (χ1) is 12.9. The predicted molar refractivity (Wildman–Crippen MR) is 110 cm³/mol. The van der Waals surface area contributed by atoms with E-state index in [4.69, 9.17) is 26.4 Å². The van der Waals surface area contributed by atoms with Crippen LogP contribution < -0.4 is 24.8 Å². The van der Waals surface area contributed by atoms with E-state index < -0.39 is 0 Å². The van der Waals surface area contributed by atoms with Crippen LogP contribution in [0.1, 0.15) is 24.2 Å². The summed E-state index contributed by atoms with van der Waals surface area (Å²) in [6.07, 6.45) is 0. The first kappa shape index (κ1) is 20.5. The Morgan fingerprint density at radius 1 is 1.07 bits per heavy atom. The first-order valence-electron chi connectivity index (χ1n) is 8.50. The summed E-state index contributed by atoms with van der Waals surface area (Å²) in [5, 5.41) is 5.77. The maximum Gasteiger partial charge on any atom is 0.261 e. The van der Waals surface area contributed by atoms with Gasteiger partial charge in [0.05, 0.1) is 32.1 Å². The van der Waals surface area contributed by atoms with Crippen LogP contribution in [0.25, 0.3) is 0 Å². The minimum atomic E-state index is -0.353. The summed E-state index contributed by atoms with van der Waals surface area (Å²) in [7, 11) is 3.12. The second-order valence-corrected chi connectivity index (χ2v) is 6.58. The lowest BCUT2D eigenvalue weighted by molar-refractivity contribution is 0.0973. The molecular formula is C20H24N2O4S. The van der Waals surface area contributed by atoms with Crippen LogP contribution in [0.15, 0.2) is 42.5 Å². The second kappa shape index (κ2) is 9.78. The molecular weight excluding hydrogens is 364 g/mol. The highest BCUT2D eigenvalue weighted by Crippen LogP contribution is 2.28. The van der Waals surface area contributed by atoms with Crippen molar-refractivity contribution in [3.8, 4) is 17.2 Å². The van der Waals surface area contributed by atoms with Crippen LogP contribution in [0.5, 0.6) is 17.2 Å². The van der Waals surface area contributed by atoms with Gasteiger partial charge >= 0.3 is 0 Å². The summed E-state index contributed by atoms with van der Waals surface area (Å²) < 4.78 is 16.2. The predicted octanol–water partition coefficient (Wildman–Crippen LogP) is 3.87. The van der Waals surface area contributed by atoms with E-state index in [1.54, 1.807) is 50.6 Å².